The van der Waals surface area contributed by atoms with E-state index in [0.717, 1.165) is 25.7 Å². The van der Waals surface area contributed by atoms with Crippen molar-refractivity contribution in [3.8, 4) is 0 Å². The predicted octanol–water partition coefficient (Wildman–Crippen LogP) is 8.02. The van der Waals surface area contributed by atoms with Crippen molar-refractivity contribution in [3.05, 3.63) is 0 Å². The molecular formula is C34H71NaO8S2. The van der Waals surface area contributed by atoms with Gasteiger partial charge in [-0.05, 0) is 12.8 Å². The van der Waals surface area contributed by atoms with E-state index >= 15 is 0 Å². The van der Waals surface area contributed by atoms with Crippen LogP contribution in [-0.4, -0.2) is 39.2 Å². The van der Waals surface area contributed by atoms with E-state index in [4.69, 9.17) is 4.55 Å². The van der Waals surface area contributed by atoms with E-state index in [1.807, 2.05) is 0 Å². The van der Waals surface area contributed by atoms with Gasteiger partial charge in [0.15, 0.2) is 0 Å². The fraction of sp³-hybridized carbons (Fsp3) is 1.00. The number of hydrogen-bond acceptors (Lipinski definition) is 7. The topological polar surface area (TPSA) is 130 Å². The van der Waals surface area contributed by atoms with Crippen LogP contribution >= 0.6 is 0 Å². The van der Waals surface area contributed by atoms with Gasteiger partial charge >= 0.3 is 40.0 Å². The second-order valence-corrected chi connectivity index (χ2v) is 14.5. The Kier molecular flexibility index (Phi) is 43.6. The molecule has 0 bridgehead atoms. The minimum atomic E-state index is -4.49. The minimum Gasteiger partial charge on any atom is -0.726 e. The Balaban J connectivity index is -0.000000770. The Hall–Kier alpha value is 0.740. The van der Waals surface area contributed by atoms with E-state index < -0.39 is 20.8 Å². The zero-order chi connectivity index (χ0) is 33.0. The fourth-order valence-electron chi connectivity index (χ4n) is 5.27. The van der Waals surface area contributed by atoms with Crippen LogP contribution in [0.5, 0.6) is 0 Å². The zero-order valence-corrected chi connectivity index (χ0v) is 33.4. The van der Waals surface area contributed by atoms with Crippen LogP contribution in [0.2, 0.25) is 0 Å². The maximum atomic E-state index is 10.3. The summed E-state index contributed by atoms with van der Waals surface area (Å²) in [6, 6.07) is 0. The molecule has 0 saturated carbocycles. The van der Waals surface area contributed by atoms with Gasteiger partial charge in [-0.1, -0.05) is 194 Å². The molecule has 0 amide bonds. The fourth-order valence-corrected chi connectivity index (χ4v) is 5.92. The standard InChI is InChI=1S/C18H38O4S.C16H34O4S.Na/c1-2-3-4-5-6-7-8-9-10-11-12-13-14-15-16-17-18-22-23(19,20)21;1-2-3-4-5-6-7-8-9-10-11-12-13-14-15-16-20-21(17,18)19;/h2-18H2,1H3,(H,19,20,21);2-16H2,1H3,(H,17,18,19);/q;;+1/p-1. The van der Waals surface area contributed by atoms with E-state index in [9.17, 15) is 21.4 Å². The van der Waals surface area contributed by atoms with Crippen molar-refractivity contribution < 1.29 is 63.9 Å². The monoisotopic (exact) mass is 694 g/mol. The molecule has 0 saturated heterocycles. The molecular weight excluding hydrogens is 623 g/mol. The van der Waals surface area contributed by atoms with Gasteiger partial charge in [0.1, 0.15) is 0 Å². The van der Waals surface area contributed by atoms with Crippen LogP contribution < -0.4 is 29.6 Å². The van der Waals surface area contributed by atoms with Gasteiger partial charge in [0.25, 0.3) is 0 Å². The van der Waals surface area contributed by atoms with Crippen LogP contribution in [-0.2, 0) is 29.2 Å². The Labute approximate surface area is 302 Å². The Morgan fingerprint density at radius 2 is 0.600 bits per heavy atom. The van der Waals surface area contributed by atoms with Crippen LogP contribution in [0.4, 0.5) is 0 Å². The van der Waals surface area contributed by atoms with Gasteiger partial charge in [-0.15, -0.1) is 0 Å². The molecule has 1 N–H and O–H groups in total. The zero-order valence-electron chi connectivity index (χ0n) is 29.7. The summed E-state index contributed by atoms with van der Waals surface area (Å²) in [4.78, 5) is 0. The first kappa shape index (κ1) is 50.1. The van der Waals surface area contributed by atoms with Gasteiger partial charge in [0, 0.05) is 0 Å². The predicted molar refractivity (Wildman–Crippen MR) is 183 cm³/mol. The van der Waals surface area contributed by atoms with E-state index in [1.165, 1.54) is 154 Å². The number of hydrogen-bond donors (Lipinski definition) is 1. The normalized spacial score (nSPS) is 11.6. The third-order valence-electron chi connectivity index (χ3n) is 7.96. The molecule has 0 heterocycles. The summed E-state index contributed by atoms with van der Waals surface area (Å²) in [7, 11) is -8.74. The van der Waals surface area contributed by atoms with Crippen molar-refractivity contribution in [1.29, 1.82) is 0 Å². The largest absolute Gasteiger partial charge is 1.00 e. The second kappa shape index (κ2) is 39.2. The summed E-state index contributed by atoms with van der Waals surface area (Å²) < 4.78 is 68.0. The molecule has 0 aromatic rings. The molecule has 0 fully saturated rings. The van der Waals surface area contributed by atoms with Crippen molar-refractivity contribution in [3.63, 3.8) is 0 Å². The van der Waals surface area contributed by atoms with E-state index in [0.29, 0.717) is 12.8 Å². The van der Waals surface area contributed by atoms with Crippen LogP contribution in [0.15, 0.2) is 0 Å². The maximum absolute atomic E-state index is 10.3. The molecule has 0 radical (unpaired) electrons. The van der Waals surface area contributed by atoms with Crippen LogP contribution in [0, 0.1) is 0 Å². The summed E-state index contributed by atoms with van der Waals surface area (Å²) >= 11 is 0. The number of rotatable bonds is 34. The van der Waals surface area contributed by atoms with Gasteiger partial charge in [-0.3, -0.25) is 8.74 Å². The quantitative estimate of drug-likeness (QED) is 0.0310. The van der Waals surface area contributed by atoms with E-state index in [-0.39, 0.29) is 42.8 Å². The van der Waals surface area contributed by atoms with Crippen LogP contribution in [0.1, 0.15) is 206 Å². The molecule has 0 atom stereocenters. The molecule has 11 heteroatoms. The van der Waals surface area contributed by atoms with Crippen LogP contribution in [0.3, 0.4) is 0 Å². The van der Waals surface area contributed by atoms with Gasteiger partial charge < -0.3 is 4.55 Å². The Bertz CT molecular complexity index is 764. The first-order valence-corrected chi connectivity index (χ1v) is 21.0. The summed E-state index contributed by atoms with van der Waals surface area (Å²) in [5.74, 6) is 0. The molecule has 0 aliphatic carbocycles. The van der Waals surface area contributed by atoms with E-state index in [1.54, 1.807) is 0 Å². The maximum Gasteiger partial charge on any atom is 1.00 e. The average Bonchev–Trinajstić information content (AvgIpc) is 2.96. The molecule has 45 heavy (non-hydrogen) atoms. The molecule has 0 unspecified atom stereocenters. The third-order valence-corrected chi connectivity index (χ3v) is 8.88. The van der Waals surface area contributed by atoms with Crippen molar-refractivity contribution in [2.45, 2.75) is 206 Å². The van der Waals surface area contributed by atoms with Crippen molar-refractivity contribution >= 4 is 20.8 Å². The SMILES string of the molecule is CCCCCCCCCCCCCCCCCCOS(=O)(=O)[O-].CCCCCCCCCCCCCCCCOS(=O)(=O)O.[Na+]. The second-order valence-electron chi connectivity index (χ2n) is 12.4. The van der Waals surface area contributed by atoms with Crippen molar-refractivity contribution in [2.24, 2.45) is 0 Å². The summed E-state index contributed by atoms with van der Waals surface area (Å²) in [6.45, 7) is 4.64. The molecule has 8 nitrogen and oxygen atoms in total. The molecule has 0 spiro atoms. The molecule has 268 valence electrons. The summed E-state index contributed by atoms with van der Waals surface area (Å²) in [6.07, 6.45) is 37.9. The first-order valence-electron chi connectivity index (χ1n) is 18.3. The van der Waals surface area contributed by atoms with E-state index in [2.05, 4.69) is 22.2 Å². The first-order chi connectivity index (χ1) is 21.1. The van der Waals surface area contributed by atoms with Crippen LogP contribution in [0.25, 0.3) is 0 Å². The van der Waals surface area contributed by atoms with Gasteiger partial charge in [0.05, 0.1) is 13.2 Å². The van der Waals surface area contributed by atoms with Gasteiger partial charge in [-0.25, -0.2) is 12.6 Å². The molecule has 0 aromatic heterocycles. The summed E-state index contributed by atoms with van der Waals surface area (Å²) in [5, 5.41) is 0. The van der Waals surface area contributed by atoms with Gasteiger partial charge in [-0.2, -0.15) is 8.42 Å². The number of unbranched alkanes of at least 4 members (excludes halogenated alkanes) is 28. The average molecular weight is 695 g/mol. The summed E-state index contributed by atoms with van der Waals surface area (Å²) in [5.41, 5.74) is 0. The minimum absolute atomic E-state index is 0. The van der Waals surface area contributed by atoms with Gasteiger partial charge in [0.2, 0.25) is 10.4 Å². The Morgan fingerprint density at radius 3 is 0.800 bits per heavy atom. The molecule has 0 aromatic carbocycles. The molecule has 0 aliphatic rings. The molecule has 0 aliphatic heterocycles. The molecule has 0 rings (SSSR count). The Morgan fingerprint density at radius 1 is 0.400 bits per heavy atom. The smallest absolute Gasteiger partial charge is 0.726 e. The third kappa shape index (κ3) is 54.5. The van der Waals surface area contributed by atoms with Crippen molar-refractivity contribution in [2.75, 3.05) is 13.2 Å². The van der Waals surface area contributed by atoms with Crippen molar-refractivity contribution in [1.82, 2.24) is 0 Å².